The van der Waals surface area contributed by atoms with E-state index in [9.17, 15) is 13.2 Å². The molecule has 2 rings (SSSR count). The molecule has 0 N–H and O–H groups in total. The highest BCUT2D eigenvalue weighted by atomic mass is 32.2. The molecule has 0 unspecified atom stereocenters. The van der Waals surface area contributed by atoms with Gasteiger partial charge in [-0.15, -0.1) is 0 Å². The molecule has 0 atom stereocenters. The van der Waals surface area contributed by atoms with Gasteiger partial charge in [-0.25, -0.2) is 8.42 Å². The molecule has 0 aliphatic carbocycles. The first kappa shape index (κ1) is 19.9. The van der Waals surface area contributed by atoms with E-state index in [1.54, 1.807) is 13.8 Å². The van der Waals surface area contributed by atoms with Crippen LogP contribution >= 0.6 is 0 Å². The zero-order valence-corrected chi connectivity index (χ0v) is 16.4. The molecule has 0 spiro atoms. The lowest BCUT2D eigenvalue weighted by Crippen LogP contribution is -2.45. The topological polar surface area (TPSA) is 83.7 Å². The first-order valence-corrected chi connectivity index (χ1v) is 10.5. The molecule has 1 aromatic heterocycles. The number of rotatable bonds is 7. The van der Waals surface area contributed by atoms with Crippen molar-refractivity contribution < 1.29 is 17.7 Å². The molecule has 1 aliphatic rings. The molecular formula is C17H29N3O4S. The summed E-state index contributed by atoms with van der Waals surface area (Å²) in [5.41, 5.74) is 0.382. The Morgan fingerprint density at radius 1 is 1.20 bits per heavy atom. The summed E-state index contributed by atoms with van der Waals surface area (Å²) < 4.78 is 32.1. The van der Waals surface area contributed by atoms with Crippen LogP contribution in [0.3, 0.4) is 0 Å². The third kappa shape index (κ3) is 4.23. The van der Waals surface area contributed by atoms with Gasteiger partial charge in [-0.3, -0.25) is 4.79 Å². The number of amides is 1. The van der Waals surface area contributed by atoms with Gasteiger partial charge in [0.05, 0.1) is 0 Å². The van der Waals surface area contributed by atoms with Crippen molar-refractivity contribution in [3.05, 3.63) is 11.5 Å². The van der Waals surface area contributed by atoms with Crippen LogP contribution in [0.1, 0.15) is 51.0 Å². The molecule has 0 aromatic carbocycles. The lowest BCUT2D eigenvalue weighted by atomic mass is 9.96. The Morgan fingerprint density at radius 3 is 2.20 bits per heavy atom. The summed E-state index contributed by atoms with van der Waals surface area (Å²) in [5.74, 6) is 0.389. The quantitative estimate of drug-likeness (QED) is 0.734. The normalized spacial score (nSPS) is 17.0. The number of piperidine rings is 1. The minimum absolute atomic E-state index is 0.0887. The molecule has 1 saturated heterocycles. The SMILES string of the molecule is CCCN(CCC)C(=O)C1CCN(S(=O)(=O)c2c(C)noc2C)CC1. The van der Waals surface area contributed by atoms with E-state index in [-0.39, 0.29) is 16.7 Å². The minimum atomic E-state index is -3.62. The van der Waals surface area contributed by atoms with E-state index in [0.29, 0.717) is 37.4 Å². The average Bonchev–Trinajstić information content (AvgIpc) is 2.93. The van der Waals surface area contributed by atoms with E-state index in [0.717, 1.165) is 25.9 Å². The molecule has 0 bridgehead atoms. The smallest absolute Gasteiger partial charge is 0.248 e. The fourth-order valence-electron chi connectivity index (χ4n) is 3.45. The highest BCUT2D eigenvalue weighted by Crippen LogP contribution is 2.28. The van der Waals surface area contributed by atoms with Crippen molar-refractivity contribution in [1.82, 2.24) is 14.4 Å². The molecule has 8 heteroatoms. The molecule has 1 aromatic rings. The van der Waals surface area contributed by atoms with Crippen LogP contribution in [0.2, 0.25) is 0 Å². The predicted molar refractivity (Wildman–Crippen MR) is 94.6 cm³/mol. The number of carbonyl (C=O) groups is 1. The summed E-state index contributed by atoms with van der Waals surface area (Å²) in [6.45, 7) is 9.62. The summed E-state index contributed by atoms with van der Waals surface area (Å²) in [7, 11) is -3.62. The largest absolute Gasteiger partial charge is 0.360 e. The van der Waals surface area contributed by atoms with E-state index in [2.05, 4.69) is 19.0 Å². The Balaban J connectivity index is 2.05. The standard InChI is InChI=1S/C17H29N3O4S/c1-5-9-19(10-6-2)17(21)15-7-11-20(12-8-15)25(22,23)16-13(3)18-24-14(16)4/h15H,5-12H2,1-4H3. The number of aromatic nitrogens is 1. The second-order valence-corrected chi connectivity index (χ2v) is 8.53. The third-order valence-electron chi connectivity index (χ3n) is 4.67. The molecule has 0 radical (unpaired) electrons. The van der Waals surface area contributed by atoms with E-state index < -0.39 is 10.0 Å². The van der Waals surface area contributed by atoms with Gasteiger partial charge < -0.3 is 9.42 Å². The lowest BCUT2D eigenvalue weighted by molar-refractivity contribution is -0.136. The van der Waals surface area contributed by atoms with Crippen LogP contribution in [0.25, 0.3) is 0 Å². The van der Waals surface area contributed by atoms with Crippen molar-refractivity contribution in [1.29, 1.82) is 0 Å². The van der Waals surface area contributed by atoms with Crippen LogP contribution < -0.4 is 0 Å². The van der Waals surface area contributed by atoms with E-state index in [4.69, 9.17) is 4.52 Å². The van der Waals surface area contributed by atoms with Gasteiger partial charge in [0.1, 0.15) is 10.6 Å². The summed E-state index contributed by atoms with van der Waals surface area (Å²) in [6, 6.07) is 0. The first-order valence-electron chi connectivity index (χ1n) is 9.04. The minimum Gasteiger partial charge on any atom is -0.360 e. The number of carbonyl (C=O) groups excluding carboxylic acids is 1. The molecule has 1 aliphatic heterocycles. The predicted octanol–water partition coefficient (Wildman–Crippen LogP) is 2.34. The van der Waals surface area contributed by atoms with Crippen LogP contribution in [0, 0.1) is 19.8 Å². The van der Waals surface area contributed by atoms with E-state index in [1.165, 1.54) is 4.31 Å². The molecular weight excluding hydrogens is 342 g/mol. The summed E-state index contributed by atoms with van der Waals surface area (Å²) in [6.07, 6.45) is 2.99. The Kier molecular flexibility index (Phi) is 6.62. The third-order valence-corrected chi connectivity index (χ3v) is 6.81. The molecule has 1 amide bonds. The molecule has 1 fully saturated rings. The van der Waals surface area contributed by atoms with Gasteiger partial charge in [0, 0.05) is 32.1 Å². The van der Waals surface area contributed by atoms with Crippen molar-refractivity contribution in [2.45, 2.75) is 58.3 Å². The molecule has 142 valence electrons. The fourth-order valence-corrected chi connectivity index (χ4v) is 5.21. The fraction of sp³-hybridized carbons (Fsp3) is 0.765. The summed E-state index contributed by atoms with van der Waals surface area (Å²) in [5, 5.41) is 3.74. The average molecular weight is 372 g/mol. The van der Waals surface area contributed by atoms with Crippen molar-refractivity contribution >= 4 is 15.9 Å². The van der Waals surface area contributed by atoms with Gasteiger partial charge in [0.25, 0.3) is 0 Å². The maximum absolute atomic E-state index is 12.8. The van der Waals surface area contributed by atoms with Crippen molar-refractivity contribution in [2.24, 2.45) is 5.92 Å². The number of hydrogen-bond donors (Lipinski definition) is 0. The Morgan fingerprint density at radius 2 is 1.76 bits per heavy atom. The maximum Gasteiger partial charge on any atom is 0.248 e. The van der Waals surface area contributed by atoms with Gasteiger partial charge in [-0.1, -0.05) is 19.0 Å². The highest BCUT2D eigenvalue weighted by molar-refractivity contribution is 7.89. The van der Waals surface area contributed by atoms with Crippen LogP contribution in [0.15, 0.2) is 9.42 Å². The Labute approximate surface area is 150 Å². The van der Waals surface area contributed by atoms with Crippen LogP contribution in [0.5, 0.6) is 0 Å². The number of hydrogen-bond acceptors (Lipinski definition) is 5. The Bertz CT molecular complexity index is 665. The van der Waals surface area contributed by atoms with Crippen LogP contribution in [0.4, 0.5) is 0 Å². The molecule has 0 saturated carbocycles. The van der Waals surface area contributed by atoms with Crippen LogP contribution in [-0.4, -0.2) is 54.9 Å². The maximum atomic E-state index is 12.8. The second-order valence-electron chi connectivity index (χ2n) is 6.66. The van der Waals surface area contributed by atoms with Gasteiger partial charge >= 0.3 is 0 Å². The van der Waals surface area contributed by atoms with Gasteiger partial charge in [0.15, 0.2) is 5.76 Å². The zero-order chi connectivity index (χ0) is 18.6. The summed E-state index contributed by atoms with van der Waals surface area (Å²) in [4.78, 5) is 14.8. The summed E-state index contributed by atoms with van der Waals surface area (Å²) >= 11 is 0. The molecule has 2 heterocycles. The molecule has 25 heavy (non-hydrogen) atoms. The van der Waals surface area contributed by atoms with Crippen LogP contribution in [-0.2, 0) is 14.8 Å². The number of aryl methyl sites for hydroxylation is 2. The van der Waals surface area contributed by atoms with Gasteiger partial charge in [-0.2, -0.15) is 4.31 Å². The number of sulfonamides is 1. The van der Waals surface area contributed by atoms with Crippen molar-refractivity contribution in [3.63, 3.8) is 0 Å². The Hall–Kier alpha value is -1.41. The van der Waals surface area contributed by atoms with Crippen molar-refractivity contribution in [3.8, 4) is 0 Å². The second kappa shape index (κ2) is 8.31. The zero-order valence-electron chi connectivity index (χ0n) is 15.6. The van der Waals surface area contributed by atoms with Crippen molar-refractivity contribution in [2.75, 3.05) is 26.2 Å². The lowest BCUT2D eigenvalue weighted by Gasteiger charge is -2.33. The van der Waals surface area contributed by atoms with Gasteiger partial charge in [0.2, 0.25) is 15.9 Å². The van der Waals surface area contributed by atoms with E-state index in [1.807, 2.05) is 4.90 Å². The van der Waals surface area contributed by atoms with E-state index >= 15 is 0 Å². The monoisotopic (exact) mass is 371 g/mol. The highest BCUT2D eigenvalue weighted by Gasteiger charge is 2.36. The van der Waals surface area contributed by atoms with Gasteiger partial charge in [-0.05, 0) is 39.5 Å². The molecule has 7 nitrogen and oxygen atoms in total. The first-order chi connectivity index (χ1) is 11.8. The number of nitrogens with zero attached hydrogens (tertiary/aromatic N) is 3.